The number of carbonyl (C=O) groups excluding carboxylic acids is 1. The highest BCUT2D eigenvalue weighted by Gasteiger charge is 2.32. The predicted octanol–water partition coefficient (Wildman–Crippen LogP) is 0.950. The van der Waals surface area contributed by atoms with E-state index in [2.05, 4.69) is 10.2 Å². The van der Waals surface area contributed by atoms with Gasteiger partial charge in [-0.1, -0.05) is 0 Å². The molecule has 1 aromatic rings. The molecule has 0 radical (unpaired) electrons. The highest BCUT2D eigenvalue weighted by molar-refractivity contribution is 5.94. The third kappa shape index (κ3) is 0.691. The van der Waals surface area contributed by atoms with E-state index in [-0.39, 0.29) is 12.1 Å². The first-order chi connectivity index (χ1) is 5.20. The summed E-state index contributed by atoms with van der Waals surface area (Å²) in [6.45, 7) is 3.62. The van der Waals surface area contributed by atoms with E-state index in [9.17, 15) is 4.79 Å². The molecule has 0 unspecified atom stereocenters. The molecule has 4 heteroatoms. The van der Waals surface area contributed by atoms with Crippen molar-refractivity contribution in [3.63, 3.8) is 0 Å². The lowest BCUT2D eigenvalue weighted by atomic mass is 10.2. The summed E-state index contributed by atoms with van der Waals surface area (Å²) in [4.78, 5) is 11.1. The number of cyclic esters (lactones) is 1. The number of aromatic amines is 1. The van der Waals surface area contributed by atoms with Crippen LogP contribution in [0.1, 0.15) is 34.8 Å². The fraction of sp³-hybridized carbons (Fsp3) is 0.429. The molecule has 0 saturated heterocycles. The first kappa shape index (κ1) is 6.39. The van der Waals surface area contributed by atoms with Gasteiger partial charge in [0.25, 0.3) is 0 Å². The maximum absolute atomic E-state index is 11.1. The first-order valence-corrected chi connectivity index (χ1v) is 3.46. The van der Waals surface area contributed by atoms with Gasteiger partial charge in [0.15, 0.2) is 0 Å². The minimum atomic E-state index is -0.265. The first-order valence-electron chi connectivity index (χ1n) is 3.46. The van der Waals surface area contributed by atoms with Crippen LogP contribution in [0.3, 0.4) is 0 Å². The number of esters is 1. The van der Waals surface area contributed by atoms with Crippen molar-refractivity contribution in [2.75, 3.05) is 0 Å². The highest BCUT2D eigenvalue weighted by Crippen LogP contribution is 2.29. The van der Waals surface area contributed by atoms with E-state index in [1.807, 2.05) is 13.8 Å². The van der Waals surface area contributed by atoms with Gasteiger partial charge >= 0.3 is 5.97 Å². The normalized spacial score (nSPS) is 21.6. The van der Waals surface area contributed by atoms with Crippen LogP contribution in [0.25, 0.3) is 0 Å². The van der Waals surface area contributed by atoms with Gasteiger partial charge in [-0.25, -0.2) is 4.79 Å². The number of aryl methyl sites for hydroxylation is 1. The number of H-pyrrole nitrogens is 1. The van der Waals surface area contributed by atoms with Crippen LogP contribution in [0.2, 0.25) is 0 Å². The molecule has 11 heavy (non-hydrogen) atoms. The third-order valence-corrected chi connectivity index (χ3v) is 1.85. The predicted molar refractivity (Wildman–Crippen MR) is 37.2 cm³/mol. The van der Waals surface area contributed by atoms with Crippen molar-refractivity contribution in [1.29, 1.82) is 0 Å². The number of rotatable bonds is 0. The zero-order valence-electron chi connectivity index (χ0n) is 6.34. The molecule has 2 rings (SSSR count). The molecular formula is C7H8N2O2. The van der Waals surface area contributed by atoms with Gasteiger partial charge in [0.1, 0.15) is 17.4 Å². The number of nitrogens with one attached hydrogen (secondary N) is 1. The molecule has 0 saturated carbocycles. The van der Waals surface area contributed by atoms with Crippen LogP contribution < -0.4 is 0 Å². The molecule has 58 valence electrons. The average Bonchev–Trinajstić information content (AvgIpc) is 2.41. The third-order valence-electron chi connectivity index (χ3n) is 1.85. The van der Waals surface area contributed by atoms with Crippen molar-refractivity contribution < 1.29 is 9.53 Å². The van der Waals surface area contributed by atoms with Gasteiger partial charge in [-0.05, 0) is 13.8 Å². The summed E-state index contributed by atoms with van der Waals surface area (Å²) in [5, 5.41) is 6.71. The number of ether oxygens (including phenoxy) is 1. The zero-order chi connectivity index (χ0) is 8.01. The molecule has 1 aliphatic heterocycles. The summed E-state index contributed by atoms with van der Waals surface area (Å²) in [7, 11) is 0. The van der Waals surface area contributed by atoms with Crippen LogP contribution in [0, 0.1) is 6.92 Å². The van der Waals surface area contributed by atoms with Crippen LogP contribution in [-0.2, 0) is 4.74 Å². The monoisotopic (exact) mass is 152 g/mol. The summed E-state index contributed by atoms with van der Waals surface area (Å²) < 4.78 is 4.93. The summed E-state index contributed by atoms with van der Waals surface area (Å²) in [5.74, 6) is -0.265. The van der Waals surface area contributed by atoms with E-state index in [0.717, 1.165) is 11.4 Å². The zero-order valence-corrected chi connectivity index (χ0v) is 6.34. The lowest BCUT2D eigenvalue weighted by Gasteiger charge is -1.98. The molecule has 0 aliphatic carbocycles. The van der Waals surface area contributed by atoms with Gasteiger partial charge < -0.3 is 4.74 Å². The number of aromatic nitrogens is 2. The van der Waals surface area contributed by atoms with Crippen molar-refractivity contribution in [2.45, 2.75) is 20.0 Å². The van der Waals surface area contributed by atoms with Gasteiger partial charge in [-0.15, -0.1) is 0 Å². The minimum Gasteiger partial charge on any atom is -0.452 e. The molecular weight excluding hydrogens is 144 g/mol. The number of nitrogens with zero attached hydrogens (tertiary/aromatic N) is 1. The van der Waals surface area contributed by atoms with Crippen LogP contribution in [0.5, 0.6) is 0 Å². The summed E-state index contributed by atoms with van der Waals surface area (Å²) in [6, 6.07) is 0. The van der Waals surface area contributed by atoms with Gasteiger partial charge in [0, 0.05) is 5.69 Å². The fourth-order valence-corrected chi connectivity index (χ4v) is 1.28. The molecule has 1 aliphatic rings. The quantitative estimate of drug-likeness (QED) is 0.563. The molecule has 0 fully saturated rings. The maximum atomic E-state index is 11.1. The van der Waals surface area contributed by atoms with E-state index in [1.165, 1.54) is 0 Å². The minimum absolute atomic E-state index is 0.192. The van der Waals surface area contributed by atoms with E-state index in [0.29, 0.717) is 5.56 Å². The summed E-state index contributed by atoms with van der Waals surface area (Å²) in [5.41, 5.74) is 2.12. The highest BCUT2D eigenvalue weighted by atomic mass is 16.5. The standard InChI is InChI=1S/C7H8N2O2/c1-3-5-6(9-8-3)4(2)11-7(5)10/h4H,1-2H3,(H,8,9)/t4-/m1/s1. The van der Waals surface area contributed by atoms with Crippen molar-refractivity contribution in [1.82, 2.24) is 10.2 Å². The maximum Gasteiger partial charge on any atom is 0.342 e. The Morgan fingerprint density at radius 2 is 2.36 bits per heavy atom. The van der Waals surface area contributed by atoms with Gasteiger partial charge in [0.05, 0.1) is 0 Å². The number of hydrogen-bond acceptors (Lipinski definition) is 3. The molecule has 1 aromatic heterocycles. The smallest absolute Gasteiger partial charge is 0.342 e. The molecule has 0 aromatic carbocycles. The molecule has 0 amide bonds. The lowest BCUT2D eigenvalue weighted by Crippen LogP contribution is -1.97. The van der Waals surface area contributed by atoms with Crippen LogP contribution >= 0.6 is 0 Å². The van der Waals surface area contributed by atoms with Crippen molar-refractivity contribution in [3.8, 4) is 0 Å². The van der Waals surface area contributed by atoms with E-state index in [1.54, 1.807) is 0 Å². The Kier molecular flexibility index (Phi) is 1.07. The Morgan fingerprint density at radius 3 is 3.00 bits per heavy atom. The Bertz CT molecular complexity index is 316. The Labute approximate surface area is 63.6 Å². The second kappa shape index (κ2) is 1.84. The molecule has 2 heterocycles. The van der Waals surface area contributed by atoms with Gasteiger partial charge in [0.2, 0.25) is 0 Å². The molecule has 1 N–H and O–H groups in total. The van der Waals surface area contributed by atoms with Crippen LogP contribution in [0.4, 0.5) is 0 Å². The SMILES string of the molecule is Cc1[nH]nc2c1C(=O)O[C@@H]2C. The summed E-state index contributed by atoms with van der Waals surface area (Å²) in [6.07, 6.45) is -0.192. The van der Waals surface area contributed by atoms with Crippen LogP contribution in [-0.4, -0.2) is 16.2 Å². The molecule has 0 bridgehead atoms. The fourth-order valence-electron chi connectivity index (χ4n) is 1.28. The van der Waals surface area contributed by atoms with Crippen LogP contribution in [0.15, 0.2) is 0 Å². The van der Waals surface area contributed by atoms with Crippen molar-refractivity contribution >= 4 is 5.97 Å². The van der Waals surface area contributed by atoms with Crippen molar-refractivity contribution in [2.24, 2.45) is 0 Å². The number of fused-ring (bicyclic) bond motifs is 1. The summed E-state index contributed by atoms with van der Waals surface area (Å²) >= 11 is 0. The van der Waals surface area contributed by atoms with E-state index in [4.69, 9.17) is 4.74 Å². The second-order valence-corrected chi connectivity index (χ2v) is 2.66. The second-order valence-electron chi connectivity index (χ2n) is 2.66. The van der Waals surface area contributed by atoms with E-state index >= 15 is 0 Å². The van der Waals surface area contributed by atoms with E-state index < -0.39 is 0 Å². The van der Waals surface area contributed by atoms with Gasteiger partial charge in [-0.2, -0.15) is 5.10 Å². The largest absolute Gasteiger partial charge is 0.452 e. The molecule has 4 nitrogen and oxygen atoms in total. The number of carbonyl (C=O) groups is 1. The van der Waals surface area contributed by atoms with Gasteiger partial charge in [-0.3, -0.25) is 5.10 Å². The lowest BCUT2D eigenvalue weighted by molar-refractivity contribution is 0.0413. The Balaban J connectivity index is 2.63. The topological polar surface area (TPSA) is 55.0 Å². The molecule has 1 atom stereocenters. The average molecular weight is 152 g/mol. The Hall–Kier alpha value is -1.32. The Morgan fingerprint density at radius 1 is 1.64 bits per heavy atom. The van der Waals surface area contributed by atoms with Crippen molar-refractivity contribution in [3.05, 3.63) is 17.0 Å². The molecule has 0 spiro atoms. The number of hydrogen-bond donors (Lipinski definition) is 1.